The topological polar surface area (TPSA) is 105 Å². The summed E-state index contributed by atoms with van der Waals surface area (Å²) in [4.78, 5) is 26.7. The standard InChI is InChI=1S/C21H17N3O3S/c1-14(19(25)26)28-21(16(11-22)12-23)17-9-5-6-10-18(17)24(20(21)27)13-15-7-3-2-4-8-15/h2-10,14,16H,13H2,1H3,(H,25,26). The molecule has 1 N–H and O–H groups in total. The number of hydrogen-bond donors (Lipinski definition) is 1. The number of carbonyl (C=O) groups excluding carboxylic acids is 1. The van der Waals surface area contributed by atoms with Crippen molar-refractivity contribution in [1.82, 2.24) is 0 Å². The van der Waals surface area contributed by atoms with E-state index in [4.69, 9.17) is 0 Å². The molecule has 2 atom stereocenters. The molecular weight excluding hydrogens is 374 g/mol. The second-order valence-electron chi connectivity index (χ2n) is 6.42. The second kappa shape index (κ2) is 7.75. The molecule has 2 aromatic carbocycles. The fourth-order valence-corrected chi connectivity index (χ4v) is 4.78. The van der Waals surface area contributed by atoms with Crippen molar-refractivity contribution in [2.75, 3.05) is 4.90 Å². The molecule has 1 aliphatic rings. The first-order valence-corrected chi connectivity index (χ1v) is 9.49. The first-order chi connectivity index (χ1) is 13.5. The number of fused-ring (bicyclic) bond motifs is 1. The normalized spacial score (nSPS) is 19.0. The largest absolute Gasteiger partial charge is 0.480 e. The zero-order valence-electron chi connectivity index (χ0n) is 15.1. The van der Waals surface area contributed by atoms with Crippen LogP contribution in [0.15, 0.2) is 54.6 Å². The van der Waals surface area contributed by atoms with E-state index in [0.717, 1.165) is 17.3 Å². The molecule has 6 nitrogen and oxygen atoms in total. The third-order valence-electron chi connectivity index (χ3n) is 4.72. The van der Waals surface area contributed by atoms with Gasteiger partial charge in [0.2, 0.25) is 0 Å². The van der Waals surface area contributed by atoms with Gasteiger partial charge < -0.3 is 10.0 Å². The molecule has 0 aromatic heterocycles. The van der Waals surface area contributed by atoms with Gasteiger partial charge in [0.25, 0.3) is 5.91 Å². The van der Waals surface area contributed by atoms with E-state index in [1.807, 2.05) is 42.5 Å². The van der Waals surface area contributed by atoms with Crippen LogP contribution in [0.5, 0.6) is 0 Å². The Morgan fingerprint density at radius 1 is 1.14 bits per heavy atom. The molecule has 1 heterocycles. The van der Waals surface area contributed by atoms with Crippen molar-refractivity contribution in [3.63, 3.8) is 0 Å². The van der Waals surface area contributed by atoms with E-state index in [0.29, 0.717) is 11.3 Å². The Bertz CT molecular complexity index is 982. The number of thioether (sulfide) groups is 1. The molecule has 0 saturated heterocycles. The van der Waals surface area contributed by atoms with Crippen molar-refractivity contribution in [1.29, 1.82) is 10.5 Å². The molecule has 2 unspecified atom stereocenters. The van der Waals surface area contributed by atoms with E-state index >= 15 is 0 Å². The van der Waals surface area contributed by atoms with Gasteiger partial charge in [0.15, 0.2) is 10.7 Å². The lowest BCUT2D eigenvalue weighted by Crippen LogP contribution is -2.44. The molecule has 0 bridgehead atoms. The smallest absolute Gasteiger partial charge is 0.316 e. The number of carboxylic acid groups (broad SMARTS) is 1. The van der Waals surface area contributed by atoms with Gasteiger partial charge in [-0.25, -0.2) is 0 Å². The molecule has 28 heavy (non-hydrogen) atoms. The van der Waals surface area contributed by atoms with E-state index in [9.17, 15) is 25.2 Å². The van der Waals surface area contributed by atoms with Crippen molar-refractivity contribution in [2.45, 2.75) is 23.5 Å². The highest BCUT2D eigenvalue weighted by Gasteiger charge is 2.58. The molecule has 7 heteroatoms. The van der Waals surface area contributed by atoms with Crippen LogP contribution in [-0.4, -0.2) is 22.2 Å². The third kappa shape index (κ3) is 3.11. The van der Waals surface area contributed by atoms with Gasteiger partial charge in [-0.2, -0.15) is 10.5 Å². The van der Waals surface area contributed by atoms with Gasteiger partial charge in [-0.05, 0) is 18.6 Å². The third-order valence-corrected chi connectivity index (χ3v) is 6.27. The highest BCUT2D eigenvalue weighted by atomic mass is 32.2. The van der Waals surface area contributed by atoms with Gasteiger partial charge in [-0.15, -0.1) is 11.8 Å². The summed E-state index contributed by atoms with van der Waals surface area (Å²) in [6.45, 7) is 1.72. The number of nitrogens with zero attached hydrogens (tertiary/aromatic N) is 3. The summed E-state index contributed by atoms with van der Waals surface area (Å²) in [5.74, 6) is -2.87. The summed E-state index contributed by atoms with van der Waals surface area (Å²) in [6.07, 6.45) is 0. The number of carbonyl (C=O) groups is 2. The van der Waals surface area contributed by atoms with Crippen LogP contribution in [-0.2, 0) is 20.9 Å². The number of nitriles is 2. The predicted molar refractivity (Wildman–Crippen MR) is 105 cm³/mol. The van der Waals surface area contributed by atoms with Crippen LogP contribution < -0.4 is 4.90 Å². The SMILES string of the molecule is CC(SC1(C(C#N)C#N)C(=O)N(Cc2ccccc2)c2ccccc21)C(=O)O. The fourth-order valence-electron chi connectivity index (χ4n) is 3.37. The monoisotopic (exact) mass is 391 g/mol. The maximum atomic E-state index is 13.6. The second-order valence-corrected chi connectivity index (χ2v) is 8.01. The zero-order chi connectivity index (χ0) is 20.3. The molecule has 0 aliphatic carbocycles. The molecule has 3 rings (SSSR count). The summed E-state index contributed by atoms with van der Waals surface area (Å²) < 4.78 is -1.59. The van der Waals surface area contributed by atoms with E-state index in [1.54, 1.807) is 24.3 Å². The average Bonchev–Trinajstić information content (AvgIpc) is 2.93. The first-order valence-electron chi connectivity index (χ1n) is 8.61. The number of aliphatic carboxylic acids is 1. The highest BCUT2D eigenvalue weighted by molar-refractivity contribution is 8.02. The number of para-hydroxylation sites is 1. The van der Waals surface area contributed by atoms with E-state index in [2.05, 4.69) is 0 Å². The van der Waals surface area contributed by atoms with Gasteiger partial charge in [0.05, 0.1) is 18.7 Å². The molecule has 2 aromatic rings. The Morgan fingerprint density at radius 2 is 1.75 bits per heavy atom. The van der Waals surface area contributed by atoms with Gasteiger partial charge in [0.1, 0.15) is 5.25 Å². The van der Waals surface area contributed by atoms with E-state index in [-0.39, 0.29) is 6.54 Å². The summed E-state index contributed by atoms with van der Waals surface area (Å²) >= 11 is 0.849. The van der Waals surface area contributed by atoms with Crippen molar-refractivity contribution < 1.29 is 14.7 Å². The highest BCUT2D eigenvalue weighted by Crippen LogP contribution is 2.54. The average molecular weight is 391 g/mol. The van der Waals surface area contributed by atoms with Crippen LogP contribution in [0.2, 0.25) is 0 Å². The zero-order valence-corrected chi connectivity index (χ0v) is 15.9. The molecule has 1 amide bonds. The van der Waals surface area contributed by atoms with Crippen LogP contribution in [0.4, 0.5) is 5.69 Å². The lowest BCUT2D eigenvalue weighted by atomic mass is 9.87. The Hall–Kier alpha value is -3.29. The molecule has 1 aliphatic heterocycles. The molecule has 0 fully saturated rings. The minimum Gasteiger partial charge on any atom is -0.480 e. The van der Waals surface area contributed by atoms with Gasteiger partial charge in [0, 0.05) is 11.3 Å². The molecule has 0 saturated carbocycles. The Morgan fingerprint density at radius 3 is 2.36 bits per heavy atom. The summed E-state index contributed by atoms with van der Waals surface area (Å²) in [5, 5.41) is 27.7. The number of amides is 1. The van der Waals surface area contributed by atoms with Crippen molar-refractivity contribution in [3.05, 3.63) is 65.7 Å². The lowest BCUT2D eigenvalue weighted by Gasteiger charge is -2.30. The van der Waals surface area contributed by atoms with Crippen LogP contribution in [0, 0.1) is 28.6 Å². The first kappa shape index (κ1) is 19.5. The van der Waals surface area contributed by atoms with Crippen molar-refractivity contribution >= 4 is 29.3 Å². The molecule has 0 radical (unpaired) electrons. The van der Waals surface area contributed by atoms with Gasteiger partial charge >= 0.3 is 5.97 Å². The van der Waals surface area contributed by atoms with Gasteiger partial charge in [-0.3, -0.25) is 9.59 Å². The predicted octanol–water partition coefficient (Wildman–Crippen LogP) is 3.30. The minimum absolute atomic E-state index is 0.268. The van der Waals surface area contributed by atoms with Crippen LogP contribution in [0.3, 0.4) is 0 Å². The molecule has 140 valence electrons. The summed E-state index contributed by atoms with van der Waals surface area (Å²) in [6, 6.07) is 20.2. The number of rotatable bonds is 6. The molecular formula is C21H17N3O3S. The number of benzene rings is 2. The Labute approximate surface area is 167 Å². The van der Waals surface area contributed by atoms with E-state index in [1.165, 1.54) is 11.8 Å². The minimum atomic E-state index is -1.59. The van der Waals surface area contributed by atoms with Crippen LogP contribution in [0.25, 0.3) is 0 Å². The van der Waals surface area contributed by atoms with Crippen molar-refractivity contribution in [3.8, 4) is 12.1 Å². The fraction of sp³-hybridized carbons (Fsp3) is 0.238. The Balaban J connectivity index is 2.17. The van der Waals surface area contributed by atoms with E-state index < -0.39 is 27.8 Å². The van der Waals surface area contributed by atoms with Crippen LogP contribution >= 0.6 is 11.8 Å². The molecule has 0 spiro atoms. The maximum absolute atomic E-state index is 13.6. The number of carboxylic acids is 1. The summed E-state index contributed by atoms with van der Waals surface area (Å²) in [7, 11) is 0. The van der Waals surface area contributed by atoms with Gasteiger partial charge in [-0.1, -0.05) is 48.5 Å². The van der Waals surface area contributed by atoms with Crippen LogP contribution in [0.1, 0.15) is 18.1 Å². The quantitative estimate of drug-likeness (QED) is 0.810. The lowest BCUT2D eigenvalue weighted by molar-refractivity contribution is -0.136. The van der Waals surface area contributed by atoms with Crippen molar-refractivity contribution in [2.24, 2.45) is 5.92 Å². The maximum Gasteiger partial charge on any atom is 0.316 e. The summed E-state index contributed by atoms with van der Waals surface area (Å²) in [5.41, 5.74) is 1.99. The number of hydrogen-bond acceptors (Lipinski definition) is 5. The Kier molecular flexibility index (Phi) is 5.39. The number of anilines is 1.